The van der Waals surface area contributed by atoms with E-state index in [1.807, 2.05) is 4.90 Å². The summed E-state index contributed by atoms with van der Waals surface area (Å²) in [5.74, 6) is -0.0350. The van der Waals surface area contributed by atoms with E-state index in [2.05, 4.69) is 10.3 Å². The van der Waals surface area contributed by atoms with Gasteiger partial charge >= 0.3 is 0 Å². The van der Waals surface area contributed by atoms with Crippen LogP contribution in [0.15, 0.2) is 12.3 Å². The highest BCUT2D eigenvalue weighted by molar-refractivity contribution is 5.94. The van der Waals surface area contributed by atoms with Crippen molar-refractivity contribution in [3.63, 3.8) is 0 Å². The number of hydrogen-bond acceptors (Lipinski definition) is 3. The molecule has 2 rings (SSSR count). The molecule has 2 N–H and O–H groups in total. The number of nitrogens with one attached hydrogen (secondary N) is 2. The van der Waals surface area contributed by atoms with Crippen molar-refractivity contribution in [2.75, 3.05) is 19.6 Å². The Bertz CT molecular complexity index is 481. The van der Waals surface area contributed by atoms with Crippen LogP contribution in [0.5, 0.6) is 0 Å². The predicted molar refractivity (Wildman–Crippen MR) is 68.9 cm³/mol. The Morgan fingerprint density at radius 2 is 2.37 bits per heavy atom. The third kappa shape index (κ3) is 3.43. The molecule has 1 aromatic heterocycles. The molecule has 1 fully saturated rings. The molecule has 6 nitrogen and oxygen atoms in total. The minimum absolute atomic E-state index is 0.200. The molecule has 0 radical (unpaired) electrons. The Kier molecular flexibility index (Phi) is 4.33. The molecule has 0 saturated carbocycles. The van der Waals surface area contributed by atoms with Crippen LogP contribution >= 0.6 is 0 Å². The van der Waals surface area contributed by atoms with Gasteiger partial charge in [-0.15, -0.1) is 0 Å². The van der Waals surface area contributed by atoms with Crippen molar-refractivity contribution in [2.24, 2.45) is 0 Å². The van der Waals surface area contributed by atoms with E-state index in [0.29, 0.717) is 37.1 Å². The Hall–Kier alpha value is -2.11. The van der Waals surface area contributed by atoms with Crippen molar-refractivity contribution in [1.29, 1.82) is 0 Å². The molecule has 2 heterocycles. The number of nitrogens with zero attached hydrogens (tertiary/aromatic N) is 1. The molecule has 19 heavy (non-hydrogen) atoms. The molecule has 0 atom stereocenters. The maximum atomic E-state index is 11.7. The van der Waals surface area contributed by atoms with E-state index in [9.17, 15) is 14.4 Å². The van der Waals surface area contributed by atoms with Crippen LogP contribution in [0, 0.1) is 0 Å². The number of aromatic amines is 1. The normalized spacial score (nSPS) is 14.7. The summed E-state index contributed by atoms with van der Waals surface area (Å²) in [6.45, 7) is 2.02. The molecule has 6 heteroatoms. The van der Waals surface area contributed by atoms with Gasteiger partial charge in [0.15, 0.2) is 6.29 Å². The van der Waals surface area contributed by atoms with Gasteiger partial charge in [0.05, 0.1) is 0 Å². The molecule has 1 aromatic rings. The van der Waals surface area contributed by atoms with Crippen molar-refractivity contribution < 1.29 is 14.4 Å². The van der Waals surface area contributed by atoms with Crippen molar-refractivity contribution >= 4 is 18.1 Å². The molecule has 1 saturated heterocycles. The van der Waals surface area contributed by atoms with E-state index in [0.717, 1.165) is 19.4 Å². The van der Waals surface area contributed by atoms with Gasteiger partial charge in [0.2, 0.25) is 5.91 Å². The van der Waals surface area contributed by atoms with E-state index >= 15 is 0 Å². The highest BCUT2D eigenvalue weighted by Gasteiger charge is 2.19. The quantitative estimate of drug-likeness (QED) is 0.581. The van der Waals surface area contributed by atoms with Gasteiger partial charge in [0, 0.05) is 37.8 Å². The first-order chi connectivity index (χ1) is 9.20. The minimum atomic E-state index is -0.235. The number of H-pyrrole nitrogens is 1. The maximum absolute atomic E-state index is 11.7. The van der Waals surface area contributed by atoms with Crippen molar-refractivity contribution in [3.05, 3.63) is 23.5 Å². The van der Waals surface area contributed by atoms with Gasteiger partial charge < -0.3 is 15.2 Å². The molecule has 2 amide bonds. The molecule has 0 aromatic carbocycles. The summed E-state index contributed by atoms with van der Waals surface area (Å²) in [4.78, 5) is 38.1. The number of aldehydes is 1. The summed E-state index contributed by atoms with van der Waals surface area (Å²) in [6.07, 6.45) is 4.49. The molecule has 0 aliphatic carbocycles. The highest BCUT2D eigenvalue weighted by atomic mass is 16.2. The lowest BCUT2D eigenvalue weighted by Crippen LogP contribution is -2.30. The fraction of sp³-hybridized carbons (Fsp3) is 0.462. The average molecular weight is 263 g/mol. The van der Waals surface area contributed by atoms with Gasteiger partial charge in [-0.1, -0.05) is 0 Å². The second-order valence-corrected chi connectivity index (χ2v) is 4.56. The lowest BCUT2D eigenvalue weighted by Gasteiger charge is -2.15. The van der Waals surface area contributed by atoms with Gasteiger partial charge in [0.25, 0.3) is 5.91 Å². The molecular formula is C13H17N3O3. The van der Waals surface area contributed by atoms with Crippen molar-refractivity contribution in [3.8, 4) is 0 Å². The monoisotopic (exact) mass is 263 g/mol. The molecule has 0 spiro atoms. The Morgan fingerprint density at radius 1 is 1.53 bits per heavy atom. The van der Waals surface area contributed by atoms with Crippen LogP contribution in [0.1, 0.15) is 40.1 Å². The number of likely N-dealkylation sites (tertiary alicyclic amines) is 1. The third-order valence-corrected chi connectivity index (χ3v) is 3.15. The fourth-order valence-corrected chi connectivity index (χ4v) is 2.12. The Labute approximate surface area is 111 Å². The number of aromatic nitrogens is 1. The van der Waals surface area contributed by atoms with Gasteiger partial charge in [-0.2, -0.15) is 0 Å². The van der Waals surface area contributed by atoms with Crippen molar-refractivity contribution in [1.82, 2.24) is 15.2 Å². The summed E-state index contributed by atoms with van der Waals surface area (Å²) in [5, 5.41) is 2.75. The van der Waals surface area contributed by atoms with Crippen LogP contribution < -0.4 is 5.32 Å². The number of carbonyl (C=O) groups excluding carboxylic acids is 3. The minimum Gasteiger partial charge on any atom is -0.357 e. The third-order valence-electron chi connectivity index (χ3n) is 3.15. The molecule has 1 aliphatic rings. The van der Waals surface area contributed by atoms with Crippen LogP contribution in [0.25, 0.3) is 0 Å². The highest BCUT2D eigenvalue weighted by Crippen LogP contribution is 2.09. The first-order valence-electron chi connectivity index (χ1n) is 6.40. The van der Waals surface area contributed by atoms with Gasteiger partial charge in [-0.05, 0) is 18.9 Å². The van der Waals surface area contributed by atoms with Crippen LogP contribution in [-0.2, 0) is 4.79 Å². The summed E-state index contributed by atoms with van der Waals surface area (Å²) in [7, 11) is 0. The number of carbonyl (C=O) groups is 3. The topological polar surface area (TPSA) is 82.3 Å². The lowest BCUT2D eigenvalue weighted by atomic mass is 10.3. The predicted octanol–water partition coefficient (Wildman–Crippen LogP) is 0.569. The van der Waals surface area contributed by atoms with Gasteiger partial charge in [0.1, 0.15) is 5.69 Å². The Morgan fingerprint density at radius 3 is 3.00 bits per heavy atom. The second-order valence-electron chi connectivity index (χ2n) is 4.56. The smallest absolute Gasteiger partial charge is 0.267 e. The van der Waals surface area contributed by atoms with Crippen LogP contribution in [0.3, 0.4) is 0 Å². The van der Waals surface area contributed by atoms with Crippen LogP contribution in [0.2, 0.25) is 0 Å². The summed E-state index contributed by atoms with van der Waals surface area (Å²) in [5.41, 5.74) is 0.826. The molecule has 0 bridgehead atoms. The molecular weight excluding hydrogens is 246 g/mol. The maximum Gasteiger partial charge on any atom is 0.267 e. The number of amides is 2. The summed E-state index contributed by atoms with van der Waals surface area (Å²) >= 11 is 0. The van der Waals surface area contributed by atoms with E-state index in [1.54, 1.807) is 0 Å². The van der Waals surface area contributed by atoms with Gasteiger partial charge in [-0.3, -0.25) is 14.4 Å². The zero-order chi connectivity index (χ0) is 13.7. The van der Waals surface area contributed by atoms with E-state index in [1.165, 1.54) is 12.3 Å². The first-order valence-corrected chi connectivity index (χ1v) is 6.40. The number of hydrogen-bond donors (Lipinski definition) is 2. The average Bonchev–Trinajstić information content (AvgIpc) is 3.03. The lowest BCUT2D eigenvalue weighted by molar-refractivity contribution is -0.127. The Balaban J connectivity index is 1.69. The van der Waals surface area contributed by atoms with Crippen LogP contribution in [0.4, 0.5) is 0 Å². The molecule has 102 valence electrons. The second kappa shape index (κ2) is 6.17. The zero-order valence-electron chi connectivity index (χ0n) is 10.6. The zero-order valence-corrected chi connectivity index (χ0v) is 10.6. The first kappa shape index (κ1) is 13.3. The van der Waals surface area contributed by atoms with Gasteiger partial charge in [-0.25, -0.2) is 0 Å². The number of rotatable bonds is 6. The van der Waals surface area contributed by atoms with Crippen LogP contribution in [-0.4, -0.2) is 47.6 Å². The van der Waals surface area contributed by atoms with E-state index in [-0.39, 0.29) is 11.8 Å². The fourth-order valence-electron chi connectivity index (χ4n) is 2.12. The van der Waals surface area contributed by atoms with E-state index in [4.69, 9.17) is 0 Å². The molecule has 1 aliphatic heterocycles. The summed E-state index contributed by atoms with van der Waals surface area (Å²) in [6, 6.07) is 1.51. The summed E-state index contributed by atoms with van der Waals surface area (Å²) < 4.78 is 0. The SMILES string of the molecule is O=Cc1c[nH]c(C(=O)NCCCN2CCCC2=O)c1. The standard InChI is InChI=1S/C13H17N3O3/c17-9-10-7-11(15-8-10)13(19)14-4-2-6-16-5-1-3-12(16)18/h7-9,15H,1-6H2,(H,14,19). The molecule has 0 unspecified atom stereocenters. The van der Waals surface area contributed by atoms with E-state index < -0.39 is 0 Å². The van der Waals surface area contributed by atoms with Crippen molar-refractivity contribution in [2.45, 2.75) is 19.3 Å². The largest absolute Gasteiger partial charge is 0.357 e.